The van der Waals surface area contributed by atoms with Crippen molar-refractivity contribution in [1.82, 2.24) is 19.3 Å². The lowest BCUT2D eigenvalue weighted by Crippen LogP contribution is -2.26. The van der Waals surface area contributed by atoms with Crippen LogP contribution in [0.15, 0.2) is 59.5 Å². The number of hydrogen-bond acceptors (Lipinski definition) is 3. The van der Waals surface area contributed by atoms with E-state index in [-0.39, 0.29) is 11.5 Å². The van der Waals surface area contributed by atoms with Gasteiger partial charge in [0.1, 0.15) is 11.3 Å². The molecule has 1 amide bonds. The number of carbonyl (C=O) groups is 1. The third-order valence-electron chi connectivity index (χ3n) is 4.58. The van der Waals surface area contributed by atoms with Gasteiger partial charge in [-0.15, -0.1) is 0 Å². The van der Waals surface area contributed by atoms with E-state index in [9.17, 15) is 9.59 Å². The second-order valence-electron chi connectivity index (χ2n) is 6.17. The normalized spacial score (nSPS) is 11.2. The van der Waals surface area contributed by atoms with Gasteiger partial charge in [0.25, 0.3) is 11.5 Å². The van der Waals surface area contributed by atoms with Crippen LogP contribution < -0.4 is 5.56 Å². The van der Waals surface area contributed by atoms with Crippen molar-refractivity contribution in [2.45, 2.75) is 6.92 Å². The highest BCUT2D eigenvalue weighted by Crippen LogP contribution is 2.23. The van der Waals surface area contributed by atoms with Crippen molar-refractivity contribution < 1.29 is 4.79 Å². The molecule has 1 N–H and O–H groups in total. The minimum absolute atomic E-state index is 0.0601. The van der Waals surface area contributed by atoms with Crippen molar-refractivity contribution in [3.8, 4) is 11.4 Å². The molecule has 6 nitrogen and oxygen atoms in total. The van der Waals surface area contributed by atoms with E-state index in [1.54, 1.807) is 36.3 Å². The molecule has 6 heteroatoms. The monoisotopic (exact) mass is 346 g/mol. The van der Waals surface area contributed by atoms with Gasteiger partial charge in [-0.05, 0) is 25.1 Å². The zero-order valence-corrected chi connectivity index (χ0v) is 14.6. The summed E-state index contributed by atoms with van der Waals surface area (Å²) in [5, 5.41) is 0. The molecule has 0 aliphatic heterocycles. The lowest BCUT2D eigenvalue weighted by molar-refractivity contribution is 0.0802. The van der Waals surface area contributed by atoms with E-state index in [4.69, 9.17) is 0 Å². The second-order valence-corrected chi connectivity index (χ2v) is 6.17. The predicted octanol–water partition coefficient (Wildman–Crippen LogP) is 2.93. The number of imidazole rings is 1. The van der Waals surface area contributed by atoms with E-state index in [1.807, 2.05) is 41.7 Å². The molecular formula is C20H18N4O2. The van der Waals surface area contributed by atoms with E-state index in [2.05, 4.69) is 9.97 Å². The maximum atomic E-state index is 12.5. The smallest absolute Gasteiger partial charge is 0.274 e. The maximum absolute atomic E-state index is 12.5. The van der Waals surface area contributed by atoms with Crippen molar-refractivity contribution in [1.29, 1.82) is 0 Å². The molecule has 0 fully saturated rings. The Morgan fingerprint density at radius 2 is 1.92 bits per heavy atom. The Morgan fingerprint density at radius 3 is 2.65 bits per heavy atom. The lowest BCUT2D eigenvalue weighted by Gasteiger charge is -2.15. The van der Waals surface area contributed by atoms with E-state index >= 15 is 0 Å². The Hall–Kier alpha value is -3.41. The highest BCUT2D eigenvalue weighted by atomic mass is 16.2. The summed E-state index contributed by atoms with van der Waals surface area (Å²) in [6.45, 7) is 2.55. The van der Waals surface area contributed by atoms with Crippen LogP contribution in [0.25, 0.3) is 27.9 Å². The van der Waals surface area contributed by atoms with Crippen molar-refractivity contribution in [2.75, 3.05) is 13.6 Å². The van der Waals surface area contributed by atoms with Crippen LogP contribution in [0.1, 0.15) is 17.3 Å². The number of carbonyl (C=O) groups excluding carboxylic acids is 1. The highest BCUT2D eigenvalue weighted by Gasteiger charge is 2.15. The van der Waals surface area contributed by atoms with Crippen LogP contribution in [0, 0.1) is 0 Å². The molecule has 0 aliphatic carbocycles. The number of fused-ring (bicyclic) bond motifs is 3. The van der Waals surface area contributed by atoms with Crippen molar-refractivity contribution >= 4 is 22.5 Å². The predicted molar refractivity (Wildman–Crippen MR) is 101 cm³/mol. The van der Waals surface area contributed by atoms with Crippen LogP contribution in [0.3, 0.4) is 0 Å². The van der Waals surface area contributed by atoms with E-state index < -0.39 is 0 Å². The molecule has 0 spiro atoms. The summed E-state index contributed by atoms with van der Waals surface area (Å²) in [6.07, 6.45) is 1.56. The quantitative estimate of drug-likeness (QED) is 0.620. The first-order valence-corrected chi connectivity index (χ1v) is 8.44. The molecule has 0 saturated heterocycles. The molecule has 4 rings (SSSR count). The number of benzene rings is 2. The standard InChI is InChI=1S/C20H18N4O2/c1-3-23(2)20(26)14-9-10-15-16(11-14)24-17(19(25)22-15)12-21-18(24)13-7-5-4-6-8-13/h4-12H,3H2,1-2H3,(H,22,25). The molecule has 130 valence electrons. The molecule has 0 unspecified atom stereocenters. The number of nitrogens with one attached hydrogen (secondary N) is 1. The number of aromatic nitrogens is 3. The summed E-state index contributed by atoms with van der Waals surface area (Å²) in [6, 6.07) is 15.0. The van der Waals surface area contributed by atoms with Crippen LogP contribution in [0.4, 0.5) is 0 Å². The van der Waals surface area contributed by atoms with Gasteiger partial charge in [-0.3, -0.25) is 14.0 Å². The van der Waals surface area contributed by atoms with Crippen LogP contribution >= 0.6 is 0 Å². The van der Waals surface area contributed by atoms with Gasteiger partial charge in [0.2, 0.25) is 0 Å². The highest BCUT2D eigenvalue weighted by molar-refractivity contribution is 5.97. The molecular weight excluding hydrogens is 328 g/mol. The van der Waals surface area contributed by atoms with E-state index in [0.717, 1.165) is 11.1 Å². The van der Waals surface area contributed by atoms with Crippen LogP contribution in [-0.2, 0) is 0 Å². The Labute approximate surface area is 149 Å². The maximum Gasteiger partial charge on any atom is 0.274 e. The van der Waals surface area contributed by atoms with Crippen LogP contribution in [-0.4, -0.2) is 38.8 Å². The van der Waals surface area contributed by atoms with E-state index in [0.29, 0.717) is 29.0 Å². The molecule has 0 atom stereocenters. The van der Waals surface area contributed by atoms with Gasteiger partial charge in [-0.25, -0.2) is 4.98 Å². The fourth-order valence-electron chi connectivity index (χ4n) is 3.05. The summed E-state index contributed by atoms with van der Waals surface area (Å²) in [7, 11) is 1.77. The molecule has 4 aromatic rings. The van der Waals surface area contributed by atoms with E-state index in [1.165, 1.54) is 0 Å². The van der Waals surface area contributed by atoms with Gasteiger partial charge in [0.05, 0.1) is 17.2 Å². The zero-order chi connectivity index (χ0) is 18.3. The van der Waals surface area contributed by atoms with Gasteiger partial charge in [0.15, 0.2) is 0 Å². The zero-order valence-electron chi connectivity index (χ0n) is 14.6. The lowest BCUT2D eigenvalue weighted by atomic mass is 10.1. The third-order valence-corrected chi connectivity index (χ3v) is 4.58. The number of rotatable bonds is 3. The summed E-state index contributed by atoms with van der Waals surface area (Å²) < 4.78 is 1.81. The molecule has 0 radical (unpaired) electrons. The average Bonchev–Trinajstić information content (AvgIpc) is 3.13. The minimum Gasteiger partial charge on any atom is -0.342 e. The summed E-state index contributed by atoms with van der Waals surface area (Å²) in [5.74, 6) is 0.611. The van der Waals surface area contributed by atoms with Gasteiger partial charge in [-0.1, -0.05) is 30.3 Å². The topological polar surface area (TPSA) is 70.5 Å². The van der Waals surface area contributed by atoms with Crippen LogP contribution in [0.2, 0.25) is 0 Å². The first-order chi connectivity index (χ1) is 12.6. The summed E-state index contributed by atoms with van der Waals surface area (Å²) in [4.78, 5) is 33.9. The molecule has 0 saturated carbocycles. The molecule has 2 aromatic carbocycles. The van der Waals surface area contributed by atoms with Crippen molar-refractivity contribution in [2.24, 2.45) is 0 Å². The molecule has 0 aliphatic rings. The van der Waals surface area contributed by atoms with Gasteiger partial charge >= 0.3 is 0 Å². The Balaban J connectivity index is 2.04. The average molecular weight is 346 g/mol. The number of aromatic amines is 1. The fourth-order valence-corrected chi connectivity index (χ4v) is 3.05. The largest absolute Gasteiger partial charge is 0.342 e. The van der Waals surface area contributed by atoms with Gasteiger partial charge in [-0.2, -0.15) is 0 Å². The number of hydrogen-bond donors (Lipinski definition) is 1. The molecule has 0 bridgehead atoms. The van der Waals surface area contributed by atoms with Crippen LogP contribution in [0.5, 0.6) is 0 Å². The molecule has 2 aromatic heterocycles. The van der Waals surface area contributed by atoms with Gasteiger partial charge in [0, 0.05) is 24.7 Å². The Bertz CT molecular complexity index is 1180. The fraction of sp³-hybridized carbons (Fsp3) is 0.150. The Morgan fingerprint density at radius 1 is 1.15 bits per heavy atom. The Kier molecular flexibility index (Phi) is 3.80. The summed E-state index contributed by atoms with van der Waals surface area (Å²) >= 11 is 0. The second kappa shape index (κ2) is 6.15. The van der Waals surface area contributed by atoms with Gasteiger partial charge < -0.3 is 9.88 Å². The minimum atomic E-state index is -0.211. The molecule has 26 heavy (non-hydrogen) atoms. The number of nitrogens with zero attached hydrogens (tertiary/aromatic N) is 3. The van der Waals surface area contributed by atoms with Crippen molar-refractivity contribution in [3.05, 3.63) is 70.6 Å². The first-order valence-electron chi connectivity index (χ1n) is 8.44. The third kappa shape index (κ3) is 2.47. The first kappa shape index (κ1) is 16.1. The number of amides is 1. The van der Waals surface area contributed by atoms with Crippen molar-refractivity contribution in [3.63, 3.8) is 0 Å². The number of H-pyrrole nitrogens is 1. The molecule has 2 heterocycles. The SMILES string of the molecule is CCN(C)C(=O)c1ccc2[nH]c(=O)c3cnc(-c4ccccc4)n3c2c1. The summed E-state index contributed by atoms with van der Waals surface area (Å²) in [5.41, 5.74) is 3.12.